The number of nitrogens with zero attached hydrogens (tertiary/aromatic N) is 4. The molecule has 146 valence electrons. The molecule has 0 unspecified atom stereocenters. The molecule has 11 heteroatoms. The molecule has 0 aliphatic heterocycles. The fraction of sp³-hybridized carbons (Fsp3) is 0.235. The second-order valence-electron chi connectivity index (χ2n) is 5.99. The van der Waals surface area contributed by atoms with Gasteiger partial charge < -0.3 is 10.3 Å². The normalized spacial score (nSPS) is 11.0. The molecule has 2 heterocycles. The number of rotatable bonds is 6. The van der Waals surface area contributed by atoms with Crippen LogP contribution in [-0.2, 0) is 26.4 Å². The van der Waals surface area contributed by atoms with Crippen molar-refractivity contribution in [3.63, 3.8) is 0 Å². The van der Waals surface area contributed by atoms with E-state index in [1.807, 2.05) is 12.1 Å². The molecule has 0 aliphatic rings. The van der Waals surface area contributed by atoms with Crippen molar-refractivity contribution in [3.05, 3.63) is 78.1 Å². The molecular formula is C17H15Cl2N5O4. The monoisotopic (exact) mass is 423 g/mol. The highest BCUT2D eigenvalue weighted by Gasteiger charge is 2.21. The number of carbonyl (C=O) groups is 1. The summed E-state index contributed by atoms with van der Waals surface area (Å²) in [6, 6.07) is 7.38. The van der Waals surface area contributed by atoms with Gasteiger partial charge in [0.2, 0.25) is 5.89 Å². The zero-order valence-corrected chi connectivity index (χ0v) is 16.2. The number of halogens is 2. The second-order valence-corrected chi connectivity index (χ2v) is 6.80. The molecule has 0 radical (unpaired) electrons. The lowest BCUT2D eigenvalue weighted by atomic mass is 10.1. The Balaban J connectivity index is 1.80. The molecule has 0 spiro atoms. The van der Waals surface area contributed by atoms with E-state index in [1.165, 1.54) is 7.05 Å². The number of nitrogens with two attached hydrogens (primary N) is 1. The molecule has 0 saturated heterocycles. The van der Waals surface area contributed by atoms with Gasteiger partial charge in [0, 0.05) is 18.5 Å². The first-order chi connectivity index (χ1) is 13.3. The highest BCUT2D eigenvalue weighted by Crippen LogP contribution is 2.12. The molecule has 1 aromatic carbocycles. The Hall–Kier alpha value is -2.91. The SMILES string of the molecule is Cn1c(C(N)=O)c(Cl)c(=O)n(Cc2nc(CCc3ccc(Cl)cc3)no2)c1=O. The summed E-state index contributed by atoms with van der Waals surface area (Å²) < 4.78 is 6.82. The summed E-state index contributed by atoms with van der Waals surface area (Å²) in [7, 11) is 1.29. The third kappa shape index (κ3) is 4.00. The Morgan fingerprint density at radius 3 is 2.50 bits per heavy atom. The summed E-state index contributed by atoms with van der Waals surface area (Å²) in [5.41, 5.74) is 4.23. The molecule has 2 N–H and O–H groups in total. The van der Waals surface area contributed by atoms with Gasteiger partial charge in [-0.3, -0.25) is 14.2 Å². The lowest BCUT2D eigenvalue weighted by molar-refractivity contribution is 0.0990. The van der Waals surface area contributed by atoms with E-state index >= 15 is 0 Å². The zero-order chi connectivity index (χ0) is 20.4. The van der Waals surface area contributed by atoms with Crippen LogP contribution in [0.1, 0.15) is 27.8 Å². The molecule has 0 aliphatic carbocycles. The van der Waals surface area contributed by atoms with E-state index in [0.29, 0.717) is 23.7 Å². The smallest absolute Gasteiger partial charge is 0.331 e. The molecular weight excluding hydrogens is 409 g/mol. The first-order valence-corrected chi connectivity index (χ1v) is 8.88. The van der Waals surface area contributed by atoms with Crippen molar-refractivity contribution in [1.29, 1.82) is 0 Å². The van der Waals surface area contributed by atoms with Crippen LogP contribution in [-0.4, -0.2) is 25.2 Å². The summed E-state index contributed by atoms with van der Waals surface area (Å²) in [5.74, 6) is -0.487. The predicted octanol–water partition coefficient (Wildman–Crippen LogP) is 1.17. The molecule has 3 rings (SSSR count). The number of aromatic nitrogens is 4. The average molecular weight is 424 g/mol. The largest absolute Gasteiger partial charge is 0.364 e. The number of benzene rings is 1. The van der Waals surface area contributed by atoms with Gasteiger partial charge in [0.1, 0.15) is 17.3 Å². The van der Waals surface area contributed by atoms with Gasteiger partial charge in [0.05, 0.1) is 0 Å². The van der Waals surface area contributed by atoms with Crippen molar-refractivity contribution in [2.24, 2.45) is 12.8 Å². The van der Waals surface area contributed by atoms with E-state index in [4.69, 9.17) is 33.5 Å². The maximum Gasteiger partial charge on any atom is 0.331 e. The van der Waals surface area contributed by atoms with Crippen LogP contribution in [0.3, 0.4) is 0 Å². The third-order valence-corrected chi connectivity index (χ3v) is 4.67. The number of primary amides is 1. The fourth-order valence-corrected chi connectivity index (χ4v) is 3.09. The minimum atomic E-state index is -0.976. The lowest BCUT2D eigenvalue weighted by Crippen LogP contribution is -2.43. The van der Waals surface area contributed by atoms with Crippen LogP contribution in [0.2, 0.25) is 10.0 Å². The Bertz CT molecular complexity index is 1110. The van der Waals surface area contributed by atoms with Crippen LogP contribution in [0.4, 0.5) is 0 Å². The maximum atomic E-state index is 12.4. The van der Waals surface area contributed by atoms with Gasteiger partial charge in [-0.1, -0.05) is 40.5 Å². The summed E-state index contributed by atoms with van der Waals surface area (Å²) in [6.07, 6.45) is 1.16. The van der Waals surface area contributed by atoms with Crippen LogP contribution >= 0.6 is 23.2 Å². The van der Waals surface area contributed by atoms with E-state index in [9.17, 15) is 14.4 Å². The van der Waals surface area contributed by atoms with E-state index in [1.54, 1.807) is 12.1 Å². The zero-order valence-electron chi connectivity index (χ0n) is 14.7. The molecule has 3 aromatic rings. The fourth-order valence-electron chi connectivity index (χ4n) is 2.64. The molecule has 0 fully saturated rings. The molecule has 28 heavy (non-hydrogen) atoms. The Labute approximate surface area is 168 Å². The van der Waals surface area contributed by atoms with Crippen molar-refractivity contribution in [3.8, 4) is 0 Å². The van der Waals surface area contributed by atoms with Gasteiger partial charge in [-0.15, -0.1) is 0 Å². The molecule has 2 aromatic heterocycles. The number of amides is 1. The Kier molecular flexibility index (Phi) is 5.66. The van der Waals surface area contributed by atoms with Crippen molar-refractivity contribution in [2.75, 3.05) is 0 Å². The summed E-state index contributed by atoms with van der Waals surface area (Å²) in [5, 5.41) is 4.06. The molecule has 9 nitrogen and oxygen atoms in total. The van der Waals surface area contributed by atoms with E-state index < -0.39 is 22.2 Å². The minimum absolute atomic E-state index is 0.0631. The van der Waals surface area contributed by atoms with Gasteiger partial charge in [0.25, 0.3) is 11.5 Å². The number of aryl methyl sites for hydroxylation is 2. The predicted molar refractivity (Wildman–Crippen MR) is 102 cm³/mol. The van der Waals surface area contributed by atoms with Crippen molar-refractivity contribution >= 4 is 29.1 Å². The van der Waals surface area contributed by atoms with Crippen LogP contribution in [0.25, 0.3) is 0 Å². The quantitative estimate of drug-likeness (QED) is 0.633. The van der Waals surface area contributed by atoms with E-state index in [0.717, 1.165) is 14.7 Å². The van der Waals surface area contributed by atoms with Crippen molar-refractivity contribution in [1.82, 2.24) is 19.3 Å². The van der Waals surface area contributed by atoms with E-state index in [-0.39, 0.29) is 18.1 Å². The average Bonchev–Trinajstić information content (AvgIpc) is 3.10. The Morgan fingerprint density at radius 2 is 1.86 bits per heavy atom. The number of hydrogen-bond donors (Lipinski definition) is 1. The lowest BCUT2D eigenvalue weighted by Gasteiger charge is -2.10. The highest BCUT2D eigenvalue weighted by molar-refractivity contribution is 6.33. The third-order valence-electron chi connectivity index (χ3n) is 4.08. The minimum Gasteiger partial charge on any atom is -0.364 e. The molecule has 0 saturated carbocycles. The summed E-state index contributed by atoms with van der Waals surface area (Å²) in [4.78, 5) is 40.3. The van der Waals surface area contributed by atoms with Gasteiger partial charge in [-0.2, -0.15) is 4.98 Å². The van der Waals surface area contributed by atoms with Gasteiger partial charge >= 0.3 is 5.69 Å². The van der Waals surface area contributed by atoms with Crippen LogP contribution in [0, 0.1) is 0 Å². The van der Waals surface area contributed by atoms with Crippen LogP contribution in [0.15, 0.2) is 38.4 Å². The Morgan fingerprint density at radius 1 is 1.18 bits per heavy atom. The van der Waals surface area contributed by atoms with Gasteiger partial charge in [-0.25, -0.2) is 9.36 Å². The highest BCUT2D eigenvalue weighted by atomic mass is 35.5. The van der Waals surface area contributed by atoms with Crippen LogP contribution in [0.5, 0.6) is 0 Å². The van der Waals surface area contributed by atoms with Crippen molar-refractivity contribution in [2.45, 2.75) is 19.4 Å². The topological polar surface area (TPSA) is 126 Å². The number of carbonyl (C=O) groups excluding carboxylic acids is 1. The van der Waals surface area contributed by atoms with E-state index in [2.05, 4.69) is 10.1 Å². The molecule has 0 atom stereocenters. The second kappa shape index (κ2) is 7.99. The first-order valence-electron chi connectivity index (χ1n) is 8.13. The summed E-state index contributed by atoms with van der Waals surface area (Å²) >= 11 is 11.8. The number of hydrogen-bond acceptors (Lipinski definition) is 6. The van der Waals surface area contributed by atoms with Crippen molar-refractivity contribution < 1.29 is 9.32 Å². The van der Waals surface area contributed by atoms with Gasteiger partial charge in [0.15, 0.2) is 5.82 Å². The van der Waals surface area contributed by atoms with Gasteiger partial charge in [-0.05, 0) is 24.1 Å². The first kappa shape index (κ1) is 19.8. The molecule has 1 amide bonds. The van der Waals surface area contributed by atoms with Crippen LogP contribution < -0.4 is 17.0 Å². The molecule has 0 bridgehead atoms. The standard InChI is InChI=1S/C17H15Cl2N5O4/c1-23-14(15(20)25)13(19)16(26)24(17(23)27)8-12-21-11(22-28-12)7-4-9-2-5-10(18)6-3-9/h2-3,5-6H,4,7-8H2,1H3,(H2,20,25). The summed E-state index contributed by atoms with van der Waals surface area (Å²) in [6.45, 7) is -0.280. The maximum absolute atomic E-state index is 12.4.